The Kier molecular flexibility index (Phi) is 5.86. The van der Waals surface area contributed by atoms with Crippen molar-refractivity contribution < 1.29 is 24.6 Å². The van der Waals surface area contributed by atoms with E-state index in [2.05, 4.69) is 10.6 Å². The van der Waals surface area contributed by atoms with Crippen molar-refractivity contribution in [2.45, 2.75) is 56.7 Å². The molecule has 3 fully saturated rings. The number of piperazine rings is 1. The summed E-state index contributed by atoms with van der Waals surface area (Å²) in [6.45, 7) is 8.43. The standard InChI is InChI=1S/C20H30N4O5S/c1-9-7-21-4-5-23(9)18(26)13-6-12(8-22-13)30-17-10(2)15-14(11(3)25)19(27)24(15)16(17)20(28)29/h9-15,21-22,25H,4-8H2,1-3H3,(H,28,29)/t9?,10-,11-,12+,13+,14-,15-/m1/s1. The predicted octanol–water partition coefficient (Wildman–Crippen LogP) is -0.576. The molecule has 0 saturated carbocycles. The molecule has 4 rings (SSSR count). The zero-order valence-electron chi connectivity index (χ0n) is 17.5. The van der Waals surface area contributed by atoms with Gasteiger partial charge in [0.2, 0.25) is 11.8 Å². The van der Waals surface area contributed by atoms with Crippen LogP contribution >= 0.6 is 11.8 Å². The van der Waals surface area contributed by atoms with Crippen LogP contribution in [-0.4, -0.2) is 93.5 Å². The molecule has 0 aromatic heterocycles. The maximum Gasteiger partial charge on any atom is 0.353 e. The van der Waals surface area contributed by atoms with E-state index in [4.69, 9.17) is 0 Å². The van der Waals surface area contributed by atoms with Crippen LogP contribution in [0.4, 0.5) is 0 Å². The summed E-state index contributed by atoms with van der Waals surface area (Å²) in [6.07, 6.45) is -0.182. The monoisotopic (exact) mass is 438 g/mol. The summed E-state index contributed by atoms with van der Waals surface area (Å²) in [4.78, 5) is 41.3. The van der Waals surface area contributed by atoms with E-state index in [9.17, 15) is 24.6 Å². The highest BCUT2D eigenvalue weighted by Crippen LogP contribution is 2.51. The van der Waals surface area contributed by atoms with Crippen molar-refractivity contribution in [2.24, 2.45) is 11.8 Å². The van der Waals surface area contributed by atoms with Crippen LogP contribution in [0.3, 0.4) is 0 Å². The lowest BCUT2D eigenvalue weighted by Crippen LogP contribution is -2.63. The van der Waals surface area contributed by atoms with Crippen LogP contribution in [0.25, 0.3) is 0 Å². The second-order valence-electron chi connectivity index (χ2n) is 8.79. The number of carboxylic acids is 1. The number of aliphatic hydroxyl groups is 1. The quantitative estimate of drug-likeness (QED) is 0.421. The first-order chi connectivity index (χ1) is 14.2. The van der Waals surface area contributed by atoms with Gasteiger partial charge in [0, 0.05) is 48.3 Å². The van der Waals surface area contributed by atoms with Gasteiger partial charge in [-0.2, -0.15) is 0 Å². The molecule has 0 radical (unpaired) electrons. The van der Waals surface area contributed by atoms with Crippen molar-refractivity contribution in [3.05, 3.63) is 10.6 Å². The summed E-state index contributed by atoms with van der Waals surface area (Å²) < 4.78 is 0. The Hall–Kier alpha value is -1.62. The van der Waals surface area contributed by atoms with E-state index in [0.717, 1.165) is 13.1 Å². The maximum absolute atomic E-state index is 12.9. The van der Waals surface area contributed by atoms with Gasteiger partial charge in [0.05, 0.1) is 24.1 Å². The molecule has 4 N–H and O–H groups in total. The summed E-state index contributed by atoms with van der Waals surface area (Å²) in [5.74, 6) is -2.04. The zero-order chi connectivity index (χ0) is 21.7. The number of carbonyl (C=O) groups excluding carboxylic acids is 2. The molecular formula is C20H30N4O5S. The minimum Gasteiger partial charge on any atom is -0.477 e. The summed E-state index contributed by atoms with van der Waals surface area (Å²) in [5, 5.41) is 26.4. The Bertz CT molecular complexity index is 787. The van der Waals surface area contributed by atoms with Crippen molar-refractivity contribution in [1.82, 2.24) is 20.4 Å². The molecule has 0 aromatic carbocycles. The minimum absolute atomic E-state index is 0.0462. The average molecular weight is 439 g/mol. The predicted molar refractivity (Wildman–Crippen MR) is 111 cm³/mol. The molecule has 0 aliphatic carbocycles. The van der Waals surface area contributed by atoms with Gasteiger partial charge in [-0.1, -0.05) is 6.92 Å². The number of nitrogens with zero attached hydrogens (tertiary/aromatic N) is 2. The number of rotatable bonds is 5. The van der Waals surface area contributed by atoms with E-state index in [1.165, 1.54) is 16.7 Å². The van der Waals surface area contributed by atoms with Crippen LogP contribution in [-0.2, 0) is 14.4 Å². The number of thioether (sulfide) groups is 1. The Morgan fingerprint density at radius 2 is 2.00 bits per heavy atom. The third-order valence-electron chi connectivity index (χ3n) is 6.78. The fourth-order valence-electron chi connectivity index (χ4n) is 5.21. The Morgan fingerprint density at radius 1 is 1.27 bits per heavy atom. The fourth-order valence-corrected chi connectivity index (χ4v) is 6.69. The summed E-state index contributed by atoms with van der Waals surface area (Å²) in [5.41, 5.74) is 0.0462. The molecule has 10 heteroatoms. The summed E-state index contributed by atoms with van der Waals surface area (Å²) >= 11 is 1.47. The number of fused-ring (bicyclic) bond motifs is 1. The Morgan fingerprint density at radius 3 is 2.63 bits per heavy atom. The lowest BCUT2D eigenvalue weighted by molar-refractivity contribution is -0.163. The molecule has 4 aliphatic heterocycles. The van der Waals surface area contributed by atoms with E-state index in [0.29, 0.717) is 24.4 Å². The molecular weight excluding hydrogens is 408 g/mol. The number of aliphatic carboxylic acids is 1. The van der Waals surface area contributed by atoms with Gasteiger partial charge in [0.1, 0.15) is 5.70 Å². The van der Waals surface area contributed by atoms with Gasteiger partial charge in [-0.15, -0.1) is 11.8 Å². The number of carbonyl (C=O) groups is 3. The molecule has 2 amide bonds. The lowest BCUT2D eigenvalue weighted by atomic mass is 9.79. The first-order valence-electron chi connectivity index (χ1n) is 10.6. The van der Waals surface area contributed by atoms with E-state index >= 15 is 0 Å². The summed E-state index contributed by atoms with van der Waals surface area (Å²) in [6, 6.07) is -0.417. The van der Waals surface area contributed by atoms with Crippen LogP contribution in [0.15, 0.2) is 10.6 Å². The van der Waals surface area contributed by atoms with E-state index in [1.54, 1.807) is 6.92 Å². The second kappa shape index (κ2) is 8.14. The van der Waals surface area contributed by atoms with Gasteiger partial charge in [-0.25, -0.2) is 4.79 Å². The third kappa shape index (κ3) is 3.43. The number of β-lactam (4-membered cyclic amide) rings is 1. The highest BCUT2D eigenvalue weighted by molar-refractivity contribution is 8.03. The average Bonchev–Trinajstić information content (AvgIpc) is 3.24. The third-order valence-corrected chi connectivity index (χ3v) is 8.29. The SMILES string of the molecule is CC1CNCCN1C(=O)[C@@H]1C[C@H](SC2=C(C(=O)O)N3C(=O)[C@H]([C@@H](C)O)[C@H]3[C@H]2C)CN1. The van der Waals surface area contributed by atoms with Gasteiger partial charge >= 0.3 is 5.97 Å². The number of hydrogen-bond acceptors (Lipinski definition) is 7. The lowest BCUT2D eigenvalue weighted by Gasteiger charge is -2.46. The smallest absolute Gasteiger partial charge is 0.353 e. The second-order valence-corrected chi connectivity index (χ2v) is 10.1. The largest absolute Gasteiger partial charge is 0.477 e. The first kappa shape index (κ1) is 21.6. The van der Waals surface area contributed by atoms with Crippen molar-refractivity contribution >= 4 is 29.5 Å². The fraction of sp³-hybridized carbons (Fsp3) is 0.750. The molecule has 166 valence electrons. The molecule has 4 heterocycles. The highest BCUT2D eigenvalue weighted by atomic mass is 32.2. The van der Waals surface area contributed by atoms with E-state index in [-0.39, 0.29) is 46.8 Å². The highest BCUT2D eigenvalue weighted by Gasteiger charge is 2.60. The molecule has 0 spiro atoms. The molecule has 0 bridgehead atoms. The molecule has 0 aromatic rings. The normalized spacial score (nSPS) is 37.3. The van der Waals surface area contributed by atoms with Gasteiger partial charge in [-0.3, -0.25) is 9.59 Å². The van der Waals surface area contributed by atoms with Crippen molar-refractivity contribution in [1.29, 1.82) is 0 Å². The van der Waals surface area contributed by atoms with Crippen LogP contribution in [0.1, 0.15) is 27.2 Å². The van der Waals surface area contributed by atoms with Crippen molar-refractivity contribution in [2.75, 3.05) is 26.2 Å². The first-order valence-corrected chi connectivity index (χ1v) is 11.5. The zero-order valence-corrected chi connectivity index (χ0v) is 18.3. The Balaban J connectivity index is 1.46. The van der Waals surface area contributed by atoms with Gasteiger partial charge in [0.15, 0.2) is 0 Å². The number of hydrogen-bond donors (Lipinski definition) is 4. The van der Waals surface area contributed by atoms with Crippen molar-refractivity contribution in [3.8, 4) is 0 Å². The molecule has 1 unspecified atom stereocenters. The number of amides is 2. The Labute approximate surface area is 180 Å². The number of nitrogens with one attached hydrogen (secondary N) is 2. The molecule has 3 saturated heterocycles. The van der Waals surface area contributed by atoms with Crippen LogP contribution < -0.4 is 10.6 Å². The van der Waals surface area contributed by atoms with Crippen molar-refractivity contribution in [3.63, 3.8) is 0 Å². The summed E-state index contributed by atoms with van der Waals surface area (Å²) in [7, 11) is 0. The van der Waals surface area contributed by atoms with Gasteiger partial charge in [-0.05, 0) is 20.3 Å². The van der Waals surface area contributed by atoms with Gasteiger partial charge in [0.25, 0.3) is 0 Å². The van der Waals surface area contributed by atoms with Gasteiger partial charge < -0.3 is 30.6 Å². The van der Waals surface area contributed by atoms with Crippen LogP contribution in [0.5, 0.6) is 0 Å². The van der Waals surface area contributed by atoms with Crippen LogP contribution in [0.2, 0.25) is 0 Å². The molecule has 7 atom stereocenters. The molecule has 9 nitrogen and oxygen atoms in total. The molecule has 30 heavy (non-hydrogen) atoms. The van der Waals surface area contributed by atoms with Crippen LogP contribution in [0, 0.1) is 11.8 Å². The maximum atomic E-state index is 12.9. The number of aliphatic hydroxyl groups excluding tert-OH is 1. The van der Waals surface area contributed by atoms with E-state index < -0.39 is 18.0 Å². The topological polar surface area (TPSA) is 122 Å². The number of carboxylic acid groups (broad SMARTS) is 1. The van der Waals surface area contributed by atoms with E-state index in [1.807, 2.05) is 18.7 Å². The minimum atomic E-state index is -1.11. The molecule has 4 aliphatic rings.